The zero-order chi connectivity index (χ0) is 12.5. The highest BCUT2D eigenvalue weighted by Crippen LogP contribution is 2.08. The normalized spacial score (nSPS) is 22.2. The second-order valence-corrected chi connectivity index (χ2v) is 5.06. The maximum Gasteiger partial charge on any atom is 0.0700 e. The van der Waals surface area contributed by atoms with Crippen LogP contribution in [-0.4, -0.2) is 64.1 Å². The van der Waals surface area contributed by atoms with Gasteiger partial charge in [-0.3, -0.25) is 0 Å². The highest BCUT2D eigenvalue weighted by Gasteiger charge is 2.20. The Morgan fingerprint density at radius 1 is 1.29 bits per heavy atom. The first kappa shape index (κ1) is 14.9. The standard InChI is InChI=1S/C13H28N2O2/c1-12(2)13-11-15(7-5-14-13)6-4-8-17-10-9-16-3/h12-14H,4-11H2,1-3H3. The van der Waals surface area contributed by atoms with Crippen LogP contribution in [0.1, 0.15) is 20.3 Å². The molecule has 1 unspecified atom stereocenters. The molecule has 1 aliphatic heterocycles. The number of methoxy groups -OCH3 is 1. The van der Waals surface area contributed by atoms with Crippen LogP contribution in [0.2, 0.25) is 0 Å². The lowest BCUT2D eigenvalue weighted by Crippen LogP contribution is -2.53. The molecule has 1 fully saturated rings. The maximum absolute atomic E-state index is 5.47. The first-order chi connectivity index (χ1) is 8.24. The van der Waals surface area contributed by atoms with Gasteiger partial charge in [-0.1, -0.05) is 13.8 Å². The van der Waals surface area contributed by atoms with Crippen molar-refractivity contribution >= 4 is 0 Å². The van der Waals surface area contributed by atoms with E-state index in [4.69, 9.17) is 9.47 Å². The lowest BCUT2D eigenvalue weighted by atomic mass is 10.0. The molecule has 0 aromatic heterocycles. The Hall–Kier alpha value is -0.160. The predicted molar refractivity (Wildman–Crippen MR) is 70.4 cm³/mol. The van der Waals surface area contributed by atoms with E-state index in [0.717, 1.165) is 32.0 Å². The zero-order valence-electron chi connectivity index (χ0n) is 11.6. The fourth-order valence-corrected chi connectivity index (χ4v) is 2.13. The average Bonchev–Trinajstić information content (AvgIpc) is 2.34. The van der Waals surface area contributed by atoms with E-state index in [9.17, 15) is 0 Å². The minimum absolute atomic E-state index is 0.651. The van der Waals surface area contributed by atoms with Gasteiger partial charge in [0.05, 0.1) is 13.2 Å². The van der Waals surface area contributed by atoms with Crippen LogP contribution in [0.25, 0.3) is 0 Å². The third kappa shape index (κ3) is 6.36. The van der Waals surface area contributed by atoms with E-state index < -0.39 is 0 Å². The molecule has 1 aliphatic rings. The summed E-state index contributed by atoms with van der Waals surface area (Å²) in [6.45, 7) is 11.4. The van der Waals surface area contributed by atoms with Crippen molar-refractivity contribution < 1.29 is 9.47 Å². The number of piperazine rings is 1. The van der Waals surface area contributed by atoms with Gasteiger partial charge in [-0.15, -0.1) is 0 Å². The second-order valence-electron chi connectivity index (χ2n) is 5.06. The fourth-order valence-electron chi connectivity index (χ4n) is 2.13. The largest absolute Gasteiger partial charge is 0.382 e. The van der Waals surface area contributed by atoms with Gasteiger partial charge >= 0.3 is 0 Å². The molecule has 17 heavy (non-hydrogen) atoms. The third-order valence-electron chi connectivity index (χ3n) is 3.29. The van der Waals surface area contributed by atoms with Crippen molar-refractivity contribution in [2.75, 3.05) is 53.1 Å². The molecule has 0 spiro atoms. The SMILES string of the molecule is COCCOCCCN1CCNC(C(C)C)C1. The number of nitrogens with one attached hydrogen (secondary N) is 1. The van der Waals surface area contributed by atoms with Crippen molar-refractivity contribution in [3.8, 4) is 0 Å². The summed E-state index contributed by atoms with van der Waals surface area (Å²) in [6.07, 6.45) is 1.12. The van der Waals surface area contributed by atoms with Crippen molar-refractivity contribution in [3.63, 3.8) is 0 Å². The highest BCUT2D eigenvalue weighted by atomic mass is 16.5. The van der Waals surface area contributed by atoms with Crippen LogP contribution in [0.5, 0.6) is 0 Å². The second kappa shape index (κ2) is 8.86. The van der Waals surface area contributed by atoms with Crippen LogP contribution in [0.15, 0.2) is 0 Å². The van der Waals surface area contributed by atoms with Crippen LogP contribution in [0.3, 0.4) is 0 Å². The number of ether oxygens (including phenoxy) is 2. The molecule has 1 rings (SSSR count). The Morgan fingerprint density at radius 3 is 2.82 bits per heavy atom. The maximum atomic E-state index is 5.47. The molecule has 0 radical (unpaired) electrons. The van der Waals surface area contributed by atoms with E-state index >= 15 is 0 Å². The lowest BCUT2D eigenvalue weighted by molar-refractivity contribution is 0.0628. The molecule has 102 valence electrons. The molecule has 0 aromatic carbocycles. The van der Waals surface area contributed by atoms with Crippen molar-refractivity contribution in [1.82, 2.24) is 10.2 Å². The summed E-state index contributed by atoms with van der Waals surface area (Å²) in [5, 5.41) is 3.58. The van der Waals surface area contributed by atoms with Crippen LogP contribution in [-0.2, 0) is 9.47 Å². The molecule has 0 bridgehead atoms. The molecule has 0 aliphatic carbocycles. The first-order valence-electron chi connectivity index (χ1n) is 6.76. The van der Waals surface area contributed by atoms with Gasteiger partial charge in [0, 0.05) is 45.9 Å². The smallest absolute Gasteiger partial charge is 0.0700 e. The fraction of sp³-hybridized carbons (Fsp3) is 1.00. The van der Waals surface area contributed by atoms with Gasteiger partial charge in [-0.05, 0) is 12.3 Å². The first-order valence-corrected chi connectivity index (χ1v) is 6.76. The summed E-state index contributed by atoms with van der Waals surface area (Å²) in [6, 6.07) is 0.651. The molecule has 4 nitrogen and oxygen atoms in total. The number of hydrogen-bond acceptors (Lipinski definition) is 4. The Balaban J connectivity index is 2.02. The van der Waals surface area contributed by atoms with Gasteiger partial charge in [-0.2, -0.15) is 0 Å². The van der Waals surface area contributed by atoms with Gasteiger partial charge in [0.25, 0.3) is 0 Å². The van der Waals surface area contributed by atoms with Gasteiger partial charge in [-0.25, -0.2) is 0 Å². The van der Waals surface area contributed by atoms with Crippen LogP contribution >= 0.6 is 0 Å². The highest BCUT2D eigenvalue weighted by molar-refractivity contribution is 4.80. The number of rotatable bonds is 8. The Morgan fingerprint density at radius 2 is 2.12 bits per heavy atom. The third-order valence-corrected chi connectivity index (χ3v) is 3.29. The summed E-state index contributed by atoms with van der Waals surface area (Å²) in [4.78, 5) is 2.54. The minimum Gasteiger partial charge on any atom is -0.382 e. The van der Waals surface area contributed by atoms with E-state index in [1.807, 2.05) is 0 Å². The summed E-state index contributed by atoms with van der Waals surface area (Å²) < 4.78 is 10.4. The van der Waals surface area contributed by atoms with Crippen molar-refractivity contribution in [3.05, 3.63) is 0 Å². The van der Waals surface area contributed by atoms with Crippen LogP contribution in [0.4, 0.5) is 0 Å². The summed E-state index contributed by atoms with van der Waals surface area (Å²) >= 11 is 0. The average molecular weight is 244 g/mol. The lowest BCUT2D eigenvalue weighted by Gasteiger charge is -2.35. The van der Waals surface area contributed by atoms with Crippen molar-refractivity contribution in [2.45, 2.75) is 26.3 Å². The van der Waals surface area contributed by atoms with Crippen LogP contribution < -0.4 is 5.32 Å². The van der Waals surface area contributed by atoms with Gasteiger partial charge in [0.1, 0.15) is 0 Å². The van der Waals surface area contributed by atoms with Crippen molar-refractivity contribution in [1.29, 1.82) is 0 Å². The summed E-state index contributed by atoms with van der Waals surface area (Å²) in [5.74, 6) is 0.718. The van der Waals surface area contributed by atoms with Gasteiger partial charge in [0.15, 0.2) is 0 Å². The Labute approximate surface area is 106 Å². The zero-order valence-corrected chi connectivity index (χ0v) is 11.6. The summed E-state index contributed by atoms with van der Waals surface area (Å²) in [5.41, 5.74) is 0. The molecular weight excluding hydrogens is 216 g/mol. The monoisotopic (exact) mass is 244 g/mol. The van der Waals surface area contributed by atoms with Crippen LogP contribution in [0, 0.1) is 5.92 Å². The van der Waals surface area contributed by atoms with E-state index in [2.05, 4.69) is 24.1 Å². The molecule has 0 amide bonds. The van der Waals surface area contributed by atoms with Gasteiger partial charge < -0.3 is 19.7 Å². The minimum atomic E-state index is 0.651. The van der Waals surface area contributed by atoms with Gasteiger partial charge in [0.2, 0.25) is 0 Å². The Kier molecular flexibility index (Phi) is 7.77. The molecule has 0 aromatic rings. The van der Waals surface area contributed by atoms with E-state index in [1.54, 1.807) is 7.11 Å². The Bertz CT molecular complexity index is 188. The number of nitrogens with zero attached hydrogens (tertiary/aromatic N) is 1. The molecular formula is C13H28N2O2. The van der Waals surface area contributed by atoms with E-state index in [-0.39, 0.29) is 0 Å². The predicted octanol–water partition coefficient (Wildman–Crippen LogP) is 0.969. The molecule has 0 saturated carbocycles. The van der Waals surface area contributed by atoms with E-state index in [0.29, 0.717) is 19.3 Å². The molecule has 1 heterocycles. The quantitative estimate of drug-likeness (QED) is 0.645. The molecule has 1 saturated heterocycles. The van der Waals surface area contributed by atoms with Crippen molar-refractivity contribution in [2.24, 2.45) is 5.92 Å². The molecule has 1 atom stereocenters. The van der Waals surface area contributed by atoms with E-state index in [1.165, 1.54) is 13.1 Å². The topological polar surface area (TPSA) is 33.7 Å². The molecule has 1 N–H and O–H groups in total. The number of hydrogen-bond donors (Lipinski definition) is 1. The molecule has 4 heteroatoms. The summed E-state index contributed by atoms with van der Waals surface area (Å²) in [7, 11) is 1.70.